The lowest BCUT2D eigenvalue weighted by molar-refractivity contribution is -0.167. The highest BCUT2D eigenvalue weighted by atomic mass is 35.5. The zero-order chi connectivity index (χ0) is 18.4. The van der Waals surface area contributed by atoms with Crippen molar-refractivity contribution in [3.05, 3.63) is 64.7 Å². The van der Waals surface area contributed by atoms with Crippen LogP contribution in [0.3, 0.4) is 0 Å². The second kappa shape index (κ2) is 8.02. The van der Waals surface area contributed by atoms with E-state index in [1.165, 1.54) is 18.2 Å². The second-order valence-electron chi connectivity index (χ2n) is 5.20. The fourth-order valence-electron chi connectivity index (χ4n) is 2.04. The third-order valence-corrected chi connectivity index (χ3v) is 3.61. The quantitative estimate of drug-likeness (QED) is 0.843. The summed E-state index contributed by atoms with van der Waals surface area (Å²) >= 11 is 5.98. The minimum absolute atomic E-state index is 0.000165. The molecule has 0 aliphatic carbocycles. The number of rotatable bonds is 5. The van der Waals surface area contributed by atoms with Crippen LogP contribution in [0.1, 0.15) is 11.1 Å². The molecule has 0 heterocycles. The summed E-state index contributed by atoms with van der Waals surface area (Å²) in [7, 11) is 0. The first-order chi connectivity index (χ1) is 11.8. The molecule has 0 saturated carbocycles. The normalized spacial score (nSPS) is 11.0. The Morgan fingerprint density at radius 2 is 1.76 bits per heavy atom. The first-order valence-corrected chi connectivity index (χ1v) is 7.61. The Hall–Kier alpha value is -2.54. The van der Waals surface area contributed by atoms with E-state index in [1.54, 1.807) is 35.6 Å². The molecule has 8 heteroatoms. The van der Waals surface area contributed by atoms with Gasteiger partial charge in [-0.05, 0) is 29.3 Å². The number of hydrogen-bond acceptors (Lipinski definition) is 2. The number of alkyl halides is 3. The monoisotopic (exact) mass is 370 g/mol. The Balaban J connectivity index is 1.93. The minimum Gasteiger partial charge on any atom is -0.352 e. The summed E-state index contributed by atoms with van der Waals surface area (Å²) in [6.45, 7) is 0.110. The lowest BCUT2D eigenvalue weighted by atomic mass is 10.1. The number of nitrogens with one attached hydrogen (secondary N) is 2. The van der Waals surface area contributed by atoms with E-state index in [9.17, 15) is 22.8 Å². The predicted octanol–water partition coefficient (Wildman–Crippen LogP) is 3.70. The Bertz CT molecular complexity index is 778. The van der Waals surface area contributed by atoms with E-state index in [4.69, 9.17) is 11.6 Å². The molecule has 2 rings (SSSR count). The summed E-state index contributed by atoms with van der Waals surface area (Å²) in [5.74, 6) is -2.33. The van der Waals surface area contributed by atoms with E-state index >= 15 is 0 Å². The molecular weight excluding hydrogens is 357 g/mol. The summed E-state index contributed by atoms with van der Waals surface area (Å²) in [4.78, 5) is 22.9. The van der Waals surface area contributed by atoms with Crippen molar-refractivity contribution in [2.45, 2.75) is 19.1 Å². The first-order valence-electron chi connectivity index (χ1n) is 7.23. The van der Waals surface area contributed by atoms with Crippen LogP contribution in [0.25, 0.3) is 0 Å². The van der Waals surface area contributed by atoms with Crippen molar-refractivity contribution in [3.8, 4) is 0 Å². The zero-order valence-corrected chi connectivity index (χ0v) is 13.6. The number of amides is 2. The van der Waals surface area contributed by atoms with Gasteiger partial charge in [-0.15, -0.1) is 0 Å². The van der Waals surface area contributed by atoms with Crippen LogP contribution in [0, 0.1) is 0 Å². The Kier molecular flexibility index (Phi) is 6.03. The maximum Gasteiger partial charge on any atom is 0.471 e. The summed E-state index contributed by atoms with van der Waals surface area (Å²) in [5.41, 5.74) is 1.22. The highest BCUT2D eigenvalue weighted by Gasteiger charge is 2.38. The van der Waals surface area contributed by atoms with Crippen LogP contribution >= 0.6 is 11.6 Å². The molecule has 0 bridgehead atoms. The minimum atomic E-state index is -4.96. The van der Waals surface area contributed by atoms with Gasteiger partial charge < -0.3 is 10.6 Å². The molecule has 2 amide bonds. The van der Waals surface area contributed by atoms with Gasteiger partial charge in [0.15, 0.2) is 0 Å². The predicted molar refractivity (Wildman–Crippen MR) is 88.1 cm³/mol. The molecule has 0 spiro atoms. The number of anilines is 1. The van der Waals surface area contributed by atoms with Crippen molar-refractivity contribution in [1.82, 2.24) is 5.32 Å². The molecular formula is C17H14ClF3N2O2. The fraction of sp³-hybridized carbons (Fsp3) is 0.176. The maximum absolute atomic E-state index is 12.2. The molecule has 2 aromatic rings. The molecule has 0 unspecified atom stereocenters. The van der Waals surface area contributed by atoms with Gasteiger partial charge >= 0.3 is 12.1 Å². The number of halogens is 4. The lowest BCUT2D eigenvalue weighted by Gasteiger charge is -2.10. The molecule has 0 fully saturated rings. The Morgan fingerprint density at radius 1 is 1.04 bits per heavy atom. The third kappa shape index (κ3) is 5.79. The van der Waals surface area contributed by atoms with E-state index in [2.05, 4.69) is 5.32 Å². The topological polar surface area (TPSA) is 58.2 Å². The number of carbonyl (C=O) groups excluding carboxylic acids is 2. The van der Waals surface area contributed by atoms with Gasteiger partial charge in [0, 0.05) is 17.3 Å². The lowest BCUT2D eigenvalue weighted by Crippen LogP contribution is -2.30. The van der Waals surface area contributed by atoms with Crippen LogP contribution in [0.4, 0.5) is 18.9 Å². The van der Waals surface area contributed by atoms with E-state index in [0.717, 1.165) is 0 Å². The van der Waals surface area contributed by atoms with Crippen LogP contribution in [0.5, 0.6) is 0 Å². The summed E-state index contributed by atoms with van der Waals surface area (Å²) in [6.07, 6.45) is -4.87. The van der Waals surface area contributed by atoms with Gasteiger partial charge in [0.25, 0.3) is 0 Å². The van der Waals surface area contributed by atoms with E-state index < -0.39 is 12.1 Å². The largest absolute Gasteiger partial charge is 0.471 e. The highest BCUT2D eigenvalue weighted by Crippen LogP contribution is 2.19. The van der Waals surface area contributed by atoms with Crippen molar-refractivity contribution in [2.75, 3.05) is 5.32 Å². The van der Waals surface area contributed by atoms with Gasteiger partial charge in [-0.3, -0.25) is 9.59 Å². The molecule has 25 heavy (non-hydrogen) atoms. The molecule has 4 nitrogen and oxygen atoms in total. The molecule has 0 aliphatic rings. The first kappa shape index (κ1) is 18.8. The van der Waals surface area contributed by atoms with Gasteiger partial charge in [0.05, 0.1) is 6.42 Å². The molecule has 0 aromatic heterocycles. The molecule has 0 radical (unpaired) electrons. The SMILES string of the molecule is O=C(Cc1ccccc1Cl)NCc1cccc(NC(=O)C(F)(F)F)c1. The van der Waals surface area contributed by atoms with Crippen LogP contribution in [-0.2, 0) is 22.6 Å². The Morgan fingerprint density at radius 3 is 2.44 bits per heavy atom. The smallest absolute Gasteiger partial charge is 0.352 e. The average Bonchev–Trinajstić information content (AvgIpc) is 2.55. The highest BCUT2D eigenvalue weighted by molar-refractivity contribution is 6.31. The van der Waals surface area contributed by atoms with Crippen molar-refractivity contribution in [3.63, 3.8) is 0 Å². The van der Waals surface area contributed by atoms with E-state index in [1.807, 2.05) is 0 Å². The second-order valence-corrected chi connectivity index (χ2v) is 5.60. The van der Waals surface area contributed by atoms with Crippen LogP contribution in [0.2, 0.25) is 5.02 Å². The van der Waals surface area contributed by atoms with Crippen molar-refractivity contribution in [2.24, 2.45) is 0 Å². The van der Waals surface area contributed by atoms with Gasteiger partial charge in [-0.25, -0.2) is 0 Å². The van der Waals surface area contributed by atoms with Crippen LogP contribution in [-0.4, -0.2) is 18.0 Å². The molecule has 2 N–H and O–H groups in total. The summed E-state index contributed by atoms with van der Waals surface area (Å²) < 4.78 is 36.7. The number of benzene rings is 2. The van der Waals surface area contributed by atoms with Crippen molar-refractivity contribution in [1.29, 1.82) is 0 Å². The van der Waals surface area contributed by atoms with Crippen LogP contribution in [0.15, 0.2) is 48.5 Å². The average molecular weight is 371 g/mol. The number of hydrogen-bond donors (Lipinski definition) is 2. The fourth-order valence-corrected chi connectivity index (χ4v) is 2.24. The molecule has 132 valence electrons. The molecule has 0 saturated heterocycles. The zero-order valence-electron chi connectivity index (χ0n) is 12.9. The van der Waals surface area contributed by atoms with E-state index in [0.29, 0.717) is 16.1 Å². The Labute approximate surface area is 147 Å². The molecule has 0 atom stereocenters. The van der Waals surface area contributed by atoms with Gasteiger partial charge in [0.2, 0.25) is 5.91 Å². The van der Waals surface area contributed by atoms with Crippen LogP contribution < -0.4 is 10.6 Å². The van der Waals surface area contributed by atoms with Gasteiger partial charge in [-0.1, -0.05) is 41.9 Å². The summed E-state index contributed by atoms with van der Waals surface area (Å²) in [6, 6.07) is 12.7. The molecule has 0 aliphatic heterocycles. The van der Waals surface area contributed by atoms with Crippen molar-refractivity contribution < 1.29 is 22.8 Å². The van der Waals surface area contributed by atoms with Gasteiger partial charge in [-0.2, -0.15) is 13.2 Å². The maximum atomic E-state index is 12.2. The van der Waals surface area contributed by atoms with Crippen molar-refractivity contribution >= 4 is 29.1 Å². The standard InChI is InChI=1S/C17H14ClF3N2O2/c18-14-7-2-1-5-12(14)9-15(24)22-10-11-4-3-6-13(8-11)23-16(25)17(19,20)21/h1-8H,9-10H2,(H,22,24)(H,23,25). The number of carbonyl (C=O) groups is 2. The van der Waals surface area contributed by atoms with E-state index in [-0.39, 0.29) is 24.6 Å². The molecule has 2 aromatic carbocycles. The van der Waals surface area contributed by atoms with Gasteiger partial charge in [0.1, 0.15) is 0 Å². The summed E-state index contributed by atoms with van der Waals surface area (Å²) in [5, 5.41) is 4.90. The third-order valence-electron chi connectivity index (χ3n) is 3.24.